The molecule has 4 heteroatoms. The fourth-order valence-electron chi connectivity index (χ4n) is 1.69. The number of hydrogen-bond donors (Lipinski definition) is 1. The van der Waals surface area contributed by atoms with E-state index in [2.05, 4.69) is 0 Å². The largest absolute Gasteiger partial charge is 0.508 e. The molecule has 1 aromatic carbocycles. The van der Waals surface area contributed by atoms with Gasteiger partial charge in [-0.15, -0.1) is 0 Å². The van der Waals surface area contributed by atoms with Crippen molar-refractivity contribution in [1.82, 2.24) is 4.90 Å². The number of hydrogen-bond acceptors (Lipinski definition) is 3. The molecule has 1 rings (SSSR count). The molecule has 18 heavy (non-hydrogen) atoms. The minimum atomic E-state index is -0.0275. The van der Waals surface area contributed by atoms with Gasteiger partial charge < -0.3 is 14.7 Å². The Balaban J connectivity index is 2.73. The Bertz CT molecular complexity index is 404. The van der Waals surface area contributed by atoms with Gasteiger partial charge in [0, 0.05) is 25.3 Å². The summed E-state index contributed by atoms with van der Waals surface area (Å²) in [7, 11) is 0. The van der Waals surface area contributed by atoms with Crippen LogP contribution in [-0.2, 0) is 4.74 Å². The third-order valence-electron chi connectivity index (χ3n) is 2.82. The van der Waals surface area contributed by atoms with Crippen molar-refractivity contribution in [1.29, 1.82) is 0 Å². The molecule has 0 aromatic heterocycles. The summed E-state index contributed by atoms with van der Waals surface area (Å²) in [6.07, 6.45) is 0. The lowest BCUT2D eigenvalue weighted by molar-refractivity contribution is 0.0669. The van der Waals surface area contributed by atoms with Crippen LogP contribution in [0, 0.1) is 6.92 Å². The molecule has 4 nitrogen and oxygen atoms in total. The Morgan fingerprint density at radius 1 is 1.39 bits per heavy atom. The molecule has 100 valence electrons. The first-order chi connectivity index (χ1) is 8.60. The molecular formula is C14H21NO3. The first-order valence-corrected chi connectivity index (χ1v) is 6.26. The zero-order valence-corrected chi connectivity index (χ0v) is 11.3. The van der Waals surface area contributed by atoms with Crippen molar-refractivity contribution in [3.63, 3.8) is 0 Å². The van der Waals surface area contributed by atoms with Gasteiger partial charge in [-0.25, -0.2) is 0 Å². The number of benzene rings is 1. The molecule has 0 spiro atoms. The van der Waals surface area contributed by atoms with Gasteiger partial charge in [-0.1, -0.05) is 0 Å². The Labute approximate surface area is 108 Å². The molecule has 0 saturated carbocycles. The van der Waals surface area contributed by atoms with Gasteiger partial charge in [0.15, 0.2) is 0 Å². The number of aromatic hydroxyl groups is 1. The van der Waals surface area contributed by atoms with Crippen molar-refractivity contribution < 1.29 is 14.6 Å². The smallest absolute Gasteiger partial charge is 0.253 e. The molecule has 0 heterocycles. The summed E-state index contributed by atoms with van der Waals surface area (Å²) in [6, 6.07) is 4.91. The quantitative estimate of drug-likeness (QED) is 0.788. The molecule has 0 bridgehead atoms. The molecule has 1 amide bonds. The molecule has 0 saturated heterocycles. The fraction of sp³-hybridized carbons (Fsp3) is 0.500. The molecule has 1 aromatic rings. The average Bonchev–Trinajstić information content (AvgIpc) is 2.37. The highest BCUT2D eigenvalue weighted by Gasteiger charge is 2.14. The average molecular weight is 251 g/mol. The lowest BCUT2D eigenvalue weighted by Crippen LogP contribution is -2.33. The van der Waals surface area contributed by atoms with E-state index in [1.165, 1.54) is 0 Å². The van der Waals surface area contributed by atoms with E-state index >= 15 is 0 Å². The van der Waals surface area contributed by atoms with E-state index in [4.69, 9.17) is 4.74 Å². The summed E-state index contributed by atoms with van der Waals surface area (Å²) in [5.41, 5.74) is 1.31. The monoisotopic (exact) mass is 251 g/mol. The van der Waals surface area contributed by atoms with Crippen molar-refractivity contribution in [2.45, 2.75) is 20.8 Å². The number of amides is 1. The highest BCUT2D eigenvalue weighted by molar-refractivity contribution is 5.94. The van der Waals surface area contributed by atoms with Gasteiger partial charge in [-0.05, 0) is 44.5 Å². The summed E-state index contributed by atoms with van der Waals surface area (Å²) < 4.78 is 5.26. The number of carbonyl (C=O) groups is 1. The highest BCUT2D eigenvalue weighted by atomic mass is 16.5. The zero-order valence-electron chi connectivity index (χ0n) is 11.3. The third-order valence-corrected chi connectivity index (χ3v) is 2.82. The molecule has 0 radical (unpaired) electrons. The standard InChI is InChI=1S/C14H21NO3/c1-4-15(8-9-18-5-2)14(17)12-6-7-13(16)11(3)10-12/h6-7,10,16H,4-5,8-9H2,1-3H3. The van der Waals surface area contributed by atoms with Crippen LogP contribution in [0.15, 0.2) is 18.2 Å². The number of rotatable bonds is 6. The molecule has 0 aliphatic heterocycles. The van der Waals surface area contributed by atoms with Gasteiger partial charge in [-0.2, -0.15) is 0 Å². The van der Waals surface area contributed by atoms with Crippen LogP contribution >= 0.6 is 0 Å². The lowest BCUT2D eigenvalue weighted by Gasteiger charge is -2.21. The predicted octanol–water partition coefficient (Wildman–Crippen LogP) is 2.20. The minimum Gasteiger partial charge on any atom is -0.508 e. The van der Waals surface area contributed by atoms with Crippen LogP contribution < -0.4 is 0 Å². The van der Waals surface area contributed by atoms with Gasteiger partial charge in [-0.3, -0.25) is 4.79 Å². The number of likely N-dealkylation sites (N-methyl/N-ethyl adjacent to an activating group) is 1. The van der Waals surface area contributed by atoms with Crippen LogP contribution in [0.4, 0.5) is 0 Å². The fourth-order valence-corrected chi connectivity index (χ4v) is 1.69. The second-order valence-corrected chi connectivity index (χ2v) is 4.08. The predicted molar refractivity (Wildman–Crippen MR) is 70.9 cm³/mol. The Morgan fingerprint density at radius 2 is 2.11 bits per heavy atom. The van der Waals surface area contributed by atoms with Crippen molar-refractivity contribution in [3.8, 4) is 5.75 Å². The van der Waals surface area contributed by atoms with E-state index in [0.29, 0.717) is 37.4 Å². The van der Waals surface area contributed by atoms with E-state index in [-0.39, 0.29) is 11.7 Å². The second-order valence-electron chi connectivity index (χ2n) is 4.08. The number of nitrogens with zero attached hydrogens (tertiary/aromatic N) is 1. The maximum Gasteiger partial charge on any atom is 0.253 e. The summed E-state index contributed by atoms with van der Waals surface area (Å²) in [5, 5.41) is 9.45. The normalized spacial score (nSPS) is 10.4. The first-order valence-electron chi connectivity index (χ1n) is 6.26. The van der Waals surface area contributed by atoms with Crippen LogP contribution in [0.25, 0.3) is 0 Å². The zero-order chi connectivity index (χ0) is 13.5. The lowest BCUT2D eigenvalue weighted by atomic mass is 10.1. The first kappa shape index (κ1) is 14.5. The van der Waals surface area contributed by atoms with Gasteiger partial charge in [0.2, 0.25) is 0 Å². The topological polar surface area (TPSA) is 49.8 Å². The summed E-state index contributed by atoms with van der Waals surface area (Å²) in [5.74, 6) is 0.184. The van der Waals surface area contributed by atoms with E-state index in [9.17, 15) is 9.90 Å². The molecule has 0 atom stereocenters. The van der Waals surface area contributed by atoms with Crippen molar-refractivity contribution in [3.05, 3.63) is 29.3 Å². The van der Waals surface area contributed by atoms with Gasteiger partial charge in [0.05, 0.1) is 6.61 Å². The van der Waals surface area contributed by atoms with Gasteiger partial charge in [0.1, 0.15) is 5.75 Å². The van der Waals surface area contributed by atoms with Crippen LogP contribution in [0.3, 0.4) is 0 Å². The molecule has 0 aliphatic rings. The van der Waals surface area contributed by atoms with Crippen molar-refractivity contribution in [2.24, 2.45) is 0 Å². The Morgan fingerprint density at radius 3 is 2.67 bits per heavy atom. The molecular weight excluding hydrogens is 230 g/mol. The molecule has 0 aliphatic carbocycles. The molecule has 0 unspecified atom stereocenters. The van der Waals surface area contributed by atoms with E-state index in [1.54, 1.807) is 30.0 Å². The highest BCUT2D eigenvalue weighted by Crippen LogP contribution is 2.18. The van der Waals surface area contributed by atoms with Crippen LogP contribution in [0.1, 0.15) is 29.8 Å². The van der Waals surface area contributed by atoms with Gasteiger partial charge >= 0.3 is 0 Å². The maximum atomic E-state index is 12.2. The van der Waals surface area contributed by atoms with Crippen molar-refractivity contribution >= 4 is 5.91 Å². The number of aryl methyl sites for hydroxylation is 1. The van der Waals surface area contributed by atoms with Crippen LogP contribution in [0.2, 0.25) is 0 Å². The number of ether oxygens (including phenoxy) is 1. The third kappa shape index (κ3) is 3.74. The second kappa shape index (κ2) is 7.01. The van der Waals surface area contributed by atoms with Gasteiger partial charge in [0.25, 0.3) is 5.91 Å². The molecule has 1 N–H and O–H groups in total. The number of phenolic OH excluding ortho intramolecular Hbond substituents is 1. The van der Waals surface area contributed by atoms with Crippen LogP contribution in [-0.4, -0.2) is 42.2 Å². The molecule has 0 fully saturated rings. The summed E-state index contributed by atoms with van der Waals surface area (Å²) in [6.45, 7) is 8.09. The Kier molecular flexibility index (Phi) is 5.65. The maximum absolute atomic E-state index is 12.2. The van der Waals surface area contributed by atoms with E-state index < -0.39 is 0 Å². The Hall–Kier alpha value is -1.55. The number of phenols is 1. The SMILES string of the molecule is CCOCCN(CC)C(=O)c1ccc(O)c(C)c1. The van der Waals surface area contributed by atoms with E-state index in [0.717, 1.165) is 0 Å². The summed E-state index contributed by atoms with van der Waals surface area (Å²) >= 11 is 0. The minimum absolute atomic E-state index is 0.0275. The van der Waals surface area contributed by atoms with Crippen molar-refractivity contribution in [2.75, 3.05) is 26.3 Å². The summed E-state index contributed by atoms with van der Waals surface area (Å²) in [4.78, 5) is 14.0. The number of carbonyl (C=O) groups excluding carboxylic acids is 1. The van der Waals surface area contributed by atoms with E-state index in [1.807, 2.05) is 13.8 Å². The van der Waals surface area contributed by atoms with Crippen LogP contribution in [0.5, 0.6) is 5.75 Å².